The third-order valence-corrected chi connectivity index (χ3v) is 5.47. The fourth-order valence-electron chi connectivity index (χ4n) is 1.53. The average molecular weight is 442 g/mol. The summed E-state index contributed by atoms with van der Waals surface area (Å²) in [7, 11) is -4.08. The Balaban J connectivity index is 2.47. The Hall–Kier alpha value is -1.19. The van der Waals surface area contributed by atoms with Gasteiger partial charge in [-0.05, 0) is 56.1 Å². The highest BCUT2D eigenvalue weighted by Gasteiger charge is 2.20. The van der Waals surface area contributed by atoms with E-state index in [0.29, 0.717) is 6.07 Å². The molecule has 9 heteroatoms. The molecular formula is C12H8Br2F2N2O2S. The predicted octanol–water partition coefficient (Wildman–Crippen LogP) is 3.87. The standard InChI is InChI=1S/C12H8Br2F2N2O2S/c13-7-2-1-6(17)3-12(7)21(19,20)18-11-4-8(14)9(15)5-10(11)16/h1-5,18H,17H2. The molecule has 0 bridgehead atoms. The normalized spacial score (nSPS) is 11.4. The zero-order valence-electron chi connectivity index (χ0n) is 10.2. The van der Waals surface area contributed by atoms with Crippen LogP contribution in [0.1, 0.15) is 0 Å². The minimum absolute atomic E-state index is 0.0618. The molecule has 0 aliphatic carbocycles. The summed E-state index contributed by atoms with van der Waals surface area (Å²) in [4.78, 5) is -0.151. The van der Waals surface area contributed by atoms with Crippen molar-refractivity contribution in [3.05, 3.63) is 50.9 Å². The van der Waals surface area contributed by atoms with E-state index in [2.05, 4.69) is 36.6 Å². The van der Waals surface area contributed by atoms with Gasteiger partial charge < -0.3 is 5.73 Å². The van der Waals surface area contributed by atoms with Gasteiger partial charge in [-0.2, -0.15) is 0 Å². The van der Waals surface area contributed by atoms with E-state index < -0.39 is 21.7 Å². The molecule has 2 aromatic carbocycles. The van der Waals surface area contributed by atoms with Gasteiger partial charge >= 0.3 is 0 Å². The van der Waals surface area contributed by atoms with Crippen LogP contribution >= 0.6 is 31.9 Å². The minimum Gasteiger partial charge on any atom is -0.399 e. The van der Waals surface area contributed by atoms with Gasteiger partial charge in [-0.15, -0.1) is 0 Å². The molecule has 0 spiro atoms. The van der Waals surface area contributed by atoms with Gasteiger partial charge in [0.25, 0.3) is 10.0 Å². The van der Waals surface area contributed by atoms with E-state index in [9.17, 15) is 17.2 Å². The lowest BCUT2D eigenvalue weighted by Gasteiger charge is -2.11. The van der Waals surface area contributed by atoms with Crippen LogP contribution in [0.15, 0.2) is 44.2 Å². The summed E-state index contributed by atoms with van der Waals surface area (Å²) in [5.41, 5.74) is 5.41. The number of hydrogen-bond donors (Lipinski definition) is 2. The number of nitrogens with one attached hydrogen (secondary N) is 1. The smallest absolute Gasteiger partial charge is 0.263 e. The van der Waals surface area contributed by atoms with Gasteiger partial charge in [0.05, 0.1) is 10.2 Å². The van der Waals surface area contributed by atoms with Crippen LogP contribution in [0.25, 0.3) is 0 Å². The first-order valence-electron chi connectivity index (χ1n) is 5.43. The first kappa shape index (κ1) is 16.2. The van der Waals surface area contributed by atoms with Crippen molar-refractivity contribution in [2.75, 3.05) is 10.5 Å². The number of hydrogen-bond acceptors (Lipinski definition) is 3. The summed E-state index contributed by atoms with van der Waals surface area (Å²) >= 11 is 5.95. The maximum Gasteiger partial charge on any atom is 0.263 e. The van der Waals surface area contributed by atoms with Crippen molar-refractivity contribution in [3.8, 4) is 0 Å². The van der Waals surface area contributed by atoms with Crippen LogP contribution < -0.4 is 10.5 Å². The van der Waals surface area contributed by atoms with Gasteiger partial charge in [0.2, 0.25) is 0 Å². The van der Waals surface area contributed by atoms with E-state index in [1.54, 1.807) is 0 Å². The van der Waals surface area contributed by atoms with E-state index in [1.165, 1.54) is 18.2 Å². The van der Waals surface area contributed by atoms with E-state index in [4.69, 9.17) is 5.73 Å². The topological polar surface area (TPSA) is 72.2 Å². The molecule has 3 N–H and O–H groups in total. The molecule has 112 valence electrons. The van der Waals surface area contributed by atoms with Gasteiger partial charge in [0, 0.05) is 16.2 Å². The molecule has 0 saturated carbocycles. The van der Waals surface area contributed by atoms with E-state index >= 15 is 0 Å². The average Bonchev–Trinajstić information content (AvgIpc) is 2.38. The van der Waals surface area contributed by atoms with Crippen molar-refractivity contribution >= 4 is 53.3 Å². The minimum atomic E-state index is -4.08. The summed E-state index contributed by atoms with van der Waals surface area (Å²) in [5.74, 6) is -1.86. The molecule has 21 heavy (non-hydrogen) atoms. The molecule has 0 fully saturated rings. The fourth-order valence-corrected chi connectivity index (χ4v) is 3.93. The molecular weight excluding hydrogens is 434 g/mol. The van der Waals surface area contributed by atoms with Gasteiger partial charge in [-0.3, -0.25) is 4.72 Å². The first-order valence-corrected chi connectivity index (χ1v) is 8.50. The highest BCUT2D eigenvalue weighted by atomic mass is 79.9. The molecule has 4 nitrogen and oxygen atoms in total. The maximum absolute atomic E-state index is 13.6. The van der Waals surface area contributed by atoms with Crippen LogP contribution in [0, 0.1) is 11.6 Å². The Morgan fingerprint density at radius 1 is 1.00 bits per heavy atom. The Labute approximate surface area is 136 Å². The van der Waals surface area contributed by atoms with Crippen molar-refractivity contribution in [3.63, 3.8) is 0 Å². The largest absolute Gasteiger partial charge is 0.399 e. The zero-order chi connectivity index (χ0) is 15.8. The quantitative estimate of drug-likeness (QED) is 0.560. The van der Waals surface area contributed by atoms with E-state index in [-0.39, 0.29) is 25.2 Å². The number of nitrogen functional groups attached to an aromatic ring is 1. The Morgan fingerprint density at radius 3 is 2.33 bits per heavy atom. The molecule has 2 aromatic rings. The van der Waals surface area contributed by atoms with Crippen LogP contribution in [0.4, 0.5) is 20.2 Å². The van der Waals surface area contributed by atoms with Crippen LogP contribution in [-0.2, 0) is 10.0 Å². The van der Waals surface area contributed by atoms with Gasteiger partial charge in [0.15, 0.2) is 0 Å². The van der Waals surface area contributed by atoms with Gasteiger partial charge in [-0.1, -0.05) is 0 Å². The van der Waals surface area contributed by atoms with Crippen LogP contribution in [0.3, 0.4) is 0 Å². The van der Waals surface area contributed by atoms with Crippen molar-refractivity contribution in [1.29, 1.82) is 0 Å². The lowest BCUT2D eigenvalue weighted by Crippen LogP contribution is -2.15. The van der Waals surface area contributed by atoms with E-state index in [1.807, 2.05) is 0 Å². The SMILES string of the molecule is Nc1ccc(Br)c(S(=O)(=O)Nc2cc(Br)c(F)cc2F)c1. The number of nitrogens with two attached hydrogens (primary N) is 1. The Kier molecular flexibility index (Phi) is 4.54. The third-order valence-electron chi connectivity index (χ3n) is 2.50. The van der Waals surface area contributed by atoms with E-state index in [0.717, 1.165) is 6.07 Å². The number of halogens is 4. The Morgan fingerprint density at radius 2 is 1.67 bits per heavy atom. The second-order valence-corrected chi connectivity index (χ2v) is 7.40. The molecule has 0 saturated heterocycles. The van der Waals surface area contributed by atoms with Crippen molar-refractivity contribution in [2.24, 2.45) is 0 Å². The zero-order valence-corrected chi connectivity index (χ0v) is 14.2. The number of anilines is 2. The molecule has 2 rings (SSSR count). The molecule has 0 heterocycles. The number of rotatable bonds is 3. The second kappa shape index (κ2) is 5.90. The summed E-state index contributed by atoms with van der Waals surface area (Å²) in [5, 5.41) is 0. The maximum atomic E-state index is 13.6. The Bertz CT molecular complexity index is 813. The monoisotopic (exact) mass is 440 g/mol. The summed E-state index contributed by atoms with van der Waals surface area (Å²) < 4.78 is 53.5. The summed E-state index contributed by atoms with van der Waals surface area (Å²) in [6.07, 6.45) is 0. The summed E-state index contributed by atoms with van der Waals surface area (Å²) in [6.45, 7) is 0. The first-order chi connectivity index (χ1) is 9.70. The lowest BCUT2D eigenvalue weighted by molar-refractivity contribution is 0.579. The molecule has 0 unspecified atom stereocenters. The highest BCUT2D eigenvalue weighted by Crippen LogP contribution is 2.29. The number of sulfonamides is 1. The molecule has 0 aliphatic rings. The molecule has 0 radical (unpaired) electrons. The number of benzene rings is 2. The predicted molar refractivity (Wildman–Crippen MR) is 83.4 cm³/mol. The van der Waals surface area contributed by atoms with Crippen LogP contribution in [0.2, 0.25) is 0 Å². The molecule has 0 amide bonds. The molecule has 0 aliphatic heterocycles. The van der Waals surface area contributed by atoms with Crippen molar-refractivity contribution in [2.45, 2.75) is 4.90 Å². The fraction of sp³-hybridized carbons (Fsp3) is 0. The van der Waals surface area contributed by atoms with Crippen LogP contribution in [0.5, 0.6) is 0 Å². The lowest BCUT2D eigenvalue weighted by atomic mass is 10.3. The highest BCUT2D eigenvalue weighted by molar-refractivity contribution is 9.10. The van der Waals surface area contributed by atoms with Crippen LogP contribution in [-0.4, -0.2) is 8.42 Å². The molecule has 0 aromatic heterocycles. The van der Waals surface area contributed by atoms with Gasteiger partial charge in [0.1, 0.15) is 16.5 Å². The van der Waals surface area contributed by atoms with Gasteiger partial charge in [-0.25, -0.2) is 17.2 Å². The second-order valence-electron chi connectivity index (χ2n) is 4.04. The van der Waals surface area contributed by atoms with Crippen molar-refractivity contribution in [1.82, 2.24) is 0 Å². The summed E-state index contributed by atoms with van der Waals surface area (Å²) in [6, 6.07) is 5.78. The third kappa shape index (κ3) is 3.53. The molecule has 0 atom stereocenters. The van der Waals surface area contributed by atoms with Crippen molar-refractivity contribution < 1.29 is 17.2 Å².